The van der Waals surface area contributed by atoms with E-state index in [4.69, 9.17) is 9.47 Å². The van der Waals surface area contributed by atoms with Gasteiger partial charge in [0.05, 0.1) is 19.8 Å². The number of hydrogen-bond acceptors (Lipinski definition) is 4. The minimum atomic E-state index is -0.0407. The molecule has 0 aliphatic carbocycles. The number of amides is 2. The monoisotopic (exact) mass is 349 g/mol. The number of nitrogens with one attached hydrogen (secondary N) is 1. The van der Waals surface area contributed by atoms with Gasteiger partial charge in [-0.25, -0.2) is 4.79 Å². The van der Waals surface area contributed by atoms with Crippen LogP contribution in [0.1, 0.15) is 18.1 Å². The lowest BCUT2D eigenvalue weighted by molar-refractivity contribution is 0.0345. The molecule has 140 valence electrons. The van der Waals surface area contributed by atoms with Crippen molar-refractivity contribution in [3.8, 4) is 0 Å². The van der Waals surface area contributed by atoms with Gasteiger partial charge < -0.3 is 19.7 Å². The van der Waals surface area contributed by atoms with Crippen LogP contribution in [0.25, 0.3) is 0 Å². The average Bonchev–Trinajstić information content (AvgIpc) is 2.60. The maximum Gasteiger partial charge on any atom is 0.318 e. The molecule has 25 heavy (non-hydrogen) atoms. The summed E-state index contributed by atoms with van der Waals surface area (Å²) in [6.07, 6.45) is 0. The number of carbonyl (C=O) groups is 1. The van der Waals surface area contributed by atoms with Crippen LogP contribution in [0.15, 0.2) is 24.3 Å². The Balaban J connectivity index is 1.91. The van der Waals surface area contributed by atoms with Crippen molar-refractivity contribution >= 4 is 6.03 Å². The minimum absolute atomic E-state index is 0.0407. The average molecular weight is 349 g/mol. The summed E-state index contributed by atoms with van der Waals surface area (Å²) in [7, 11) is 1.66. The molecule has 1 N–H and O–H groups in total. The van der Waals surface area contributed by atoms with Crippen molar-refractivity contribution in [1.29, 1.82) is 0 Å². The summed E-state index contributed by atoms with van der Waals surface area (Å²) in [5.41, 5.74) is 2.36. The number of morpholine rings is 1. The number of aryl methyl sites for hydroxylation is 1. The van der Waals surface area contributed by atoms with E-state index >= 15 is 0 Å². The third-order valence-corrected chi connectivity index (χ3v) is 4.48. The molecule has 0 radical (unpaired) electrons. The third-order valence-electron chi connectivity index (χ3n) is 4.48. The summed E-state index contributed by atoms with van der Waals surface area (Å²) in [5.74, 6) is 0. The van der Waals surface area contributed by atoms with Crippen LogP contribution in [0.4, 0.5) is 4.79 Å². The highest BCUT2D eigenvalue weighted by atomic mass is 16.5. The van der Waals surface area contributed by atoms with Gasteiger partial charge in [-0.05, 0) is 25.0 Å². The number of hydrogen-bond donors (Lipinski definition) is 1. The highest BCUT2D eigenvalue weighted by molar-refractivity contribution is 5.74. The summed E-state index contributed by atoms with van der Waals surface area (Å²) < 4.78 is 10.5. The normalized spacial score (nSPS) is 16.4. The quantitative estimate of drug-likeness (QED) is 0.778. The molecule has 0 spiro atoms. The molecule has 1 aromatic carbocycles. The first-order chi connectivity index (χ1) is 12.1. The largest absolute Gasteiger partial charge is 0.383 e. The van der Waals surface area contributed by atoms with E-state index in [9.17, 15) is 4.79 Å². The van der Waals surface area contributed by atoms with Crippen molar-refractivity contribution in [1.82, 2.24) is 15.1 Å². The number of rotatable bonds is 8. The lowest BCUT2D eigenvalue weighted by atomic mass is 10.1. The fourth-order valence-corrected chi connectivity index (χ4v) is 2.97. The number of ether oxygens (including phenoxy) is 2. The van der Waals surface area contributed by atoms with Crippen molar-refractivity contribution in [2.45, 2.75) is 26.4 Å². The van der Waals surface area contributed by atoms with Gasteiger partial charge in [-0.1, -0.05) is 24.3 Å². The Labute approximate surface area is 151 Å². The zero-order valence-electron chi connectivity index (χ0n) is 15.7. The Hall–Kier alpha value is -1.63. The van der Waals surface area contributed by atoms with Gasteiger partial charge in [-0.15, -0.1) is 0 Å². The van der Waals surface area contributed by atoms with E-state index in [1.54, 1.807) is 7.11 Å². The highest BCUT2D eigenvalue weighted by Gasteiger charge is 2.19. The van der Waals surface area contributed by atoms with Crippen molar-refractivity contribution in [3.05, 3.63) is 35.4 Å². The summed E-state index contributed by atoms with van der Waals surface area (Å²) in [4.78, 5) is 16.9. The van der Waals surface area contributed by atoms with Crippen molar-refractivity contribution in [3.63, 3.8) is 0 Å². The Morgan fingerprint density at radius 2 is 2.08 bits per heavy atom. The van der Waals surface area contributed by atoms with Gasteiger partial charge in [0.2, 0.25) is 0 Å². The molecule has 1 aliphatic rings. The first-order valence-electron chi connectivity index (χ1n) is 8.99. The van der Waals surface area contributed by atoms with Gasteiger partial charge in [-0.3, -0.25) is 4.90 Å². The van der Waals surface area contributed by atoms with E-state index in [-0.39, 0.29) is 12.1 Å². The van der Waals surface area contributed by atoms with Crippen molar-refractivity contribution in [2.75, 3.05) is 53.1 Å². The first kappa shape index (κ1) is 19.7. The molecule has 1 aromatic rings. The lowest BCUT2D eigenvalue weighted by Crippen LogP contribution is -2.50. The molecule has 6 nitrogen and oxygen atoms in total. The zero-order chi connectivity index (χ0) is 18.1. The molecule has 0 unspecified atom stereocenters. The predicted molar refractivity (Wildman–Crippen MR) is 98.7 cm³/mol. The molecule has 0 bridgehead atoms. The van der Waals surface area contributed by atoms with Gasteiger partial charge in [0.25, 0.3) is 0 Å². The smallest absolute Gasteiger partial charge is 0.318 e. The van der Waals surface area contributed by atoms with Crippen LogP contribution >= 0.6 is 0 Å². The second-order valence-electron chi connectivity index (χ2n) is 6.60. The maximum atomic E-state index is 12.7. The van der Waals surface area contributed by atoms with E-state index < -0.39 is 0 Å². The van der Waals surface area contributed by atoms with Crippen LogP contribution in [0.5, 0.6) is 0 Å². The SMILES string of the molecule is COCCN(Cc1ccccc1C)C(=O)N[C@H](C)CN1CCOCC1. The molecule has 6 heteroatoms. The van der Waals surface area contributed by atoms with E-state index in [1.807, 2.05) is 17.0 Å². The summed E-state index contributed by atoms with van der Waals surface area (Å²) in [5, 5.41) is 3.12. The van der Waals surface area contributed by atoms with Crippen LogP contribution in [0.3, 0.4) is 0 Å². The summed E-state index contributed by atoms with van der Waals surface area (Å²) in [6, 6.07) is 8.22. The number of nitrogens with zero attached hydrogens (tertiary/aromatic N) is 2. The molecule has 1 aliphatic heterocycles. The number of methoxy groups -OCH3 is 1. The number of benzene rings is 1. The summed E-state index contributed by atoms with van der Waals surface area (Å²) in [6.45, 7) is 10.1. The second-order valence-corrected chi connectivity index (χ2v) is 6.60. The molecule has 0 aromatic heterocycles. The second kappa shape index (κ2) is 10.4. The van der Waals surface area contributed by atoms with Gasteiger partial charge in [0.1, 0.15) is 0 Å². The van der Waals surface area contributed by atoms with Crippen molar-refractivity contribution in [2.24, 2.45) is 0 Å². The topological polar surface area (TPSA) is 54.0 Å². The maximum absolute atomic E-state index is 12.7. The predicted octanol–water partition coefficient (Wildman–Crippen LogP) is 1.87. The van der Waals surface area contributed by atoms with Crippen molar-refractivity contribution < 1.29 is 14.3 Å². The molecule has 2 rings (SSSR count). The van der Waals surface area contributed by atoms with E-state index in [0.717, 1.165) is 38.4 Å². The fourth-order valence-electron chi connectivity index (χ4n) is 2.97. The molecule has 1 atom stereocenters. The van der Waals surface area contributed by atoms with Gasteiger partial charge in [0, 0.05) is 45.9 Å². The van der Waals surface area contributed by atoms with E-state index in [1.165, 1.54) is 5.56 Å². The van der Waals surface area contributed by atoms with E-state index in [0.29, 0.717) is 19.7 Å². The first-order valence-corrected chi connectivity index (χ1v) is 8.99. The number of carbonyl (C=O) groups excluding carboxylic acids is 1. The molecular weight excluding hydrogens is 318 g/mol. The zero-order valence-corrected chi connectivity index (χ0v) is 15.7. The van der Waals surface area contributed by atoms with Gasteiger partial charge in [0.15, 0.2) is 0 Å². The molecule has 0 saturated carbocycles. The number of urea groups is 1. The minimum Gasteiger partial charge on any atom is -0.383 e. The fraction of sp³-hybridized carbons (Fsp3) is 0.632. The third kappa shape index (κ3) is 6.65. The molecule has 1 heterocycles. The molecular formula is C19H31N3O3. The van der Waals surface area contributed by atoms with Crippen LogP contribution in [-0.2, 0) is 16.0 Å². The molecule has 2 amide bonds. The van der Waals surface area contributed by atoms with E-state index in [2.05, 4.69) is 36.2 Å². The Kier molecular flexibility index (Phi) is 8.18. The summed E-state index contributed by atoms with van der Waals surface area (Å²) >= 11 is 0. The van der Waals surface area contributed by atoms with Crippen LogP contribution in [0, 0.1) is 6.92 Å². The van der Waals surface area contributed by atoms with Crippen LogP contribution in [-0.4, -0.2) is 75.0 Å². The van der Waals surface area contributed by atoms with Gasteiger partial charge >= 0.3 is 6.03 Å². The Bertz CT molecular complexity index is 532. The Morgan fingerprint density at radius 3 is 2.76 bits per heavy atom. The van der Waals surface area contributed by atoms with Crippen LogP contribution in [0.2, 0.25) is 0 Å². The van der Waals surface area contributed by atoms with Crippen LogP contribution < -0.4 is 5.32 Å². The lowest BCUT2D eigenvalue weighted by Gasteiger charge is -2.31. The Morgan fingerprint density at radius 1 is 1.36 bits per heavy atom. The molecule has 1 saturated heterocycles. The highest BCUT2D eigenvalue weighted by Crippen LogP contribution is 2.11. The van der Waals surface area contributed by atoms with Gasteiger partial charge in [-0.2, -0.15) is 0 Å². The standard InChI is InChI=1S/C19H31N3O3/c1-16-6-4-5-7-18(16)15-22(10-11-24-3)19(23)20-17(2)14-21-8-12-25-13-9-21/h4-7,17H,8-15H2,1-3H3,(H,20,23)/t17-/m1/s1. The molecule has 1 fully saturated rings.